The lowest BCUT2D eigenvalue weighted by molar-refractivity contribution is -0.146. The Labute approximate surface area is 132 Å². The molecule has 0 aliphatic heterocycles. The molecule has 0 aliphatic carbocycles. The fourth-order valence-electron chi connectivity index (χ4n) is 1.53. The minimum Gasteiger partial charge on any atom is -0.462 e. The van der Waals surface area contributed by atoms with E-state index in [2.05, 4.69) is 21.2 Å². The third-order valence-corrected chi connectivity index (χ3v) is 3.49. The molecule has 0 unspecified atom stereocenters. The van der Waals surface area contributed by atoms with Crippen LogP contribution in [0.5, 0.6) is 0 Å². The Morgan fingerprint density at radius 1 is 1.19 bits per heavy atom. The van der Waals surface area contributed by atoms with E-state index in [0.29, 0.717) is 0 Å². The molecule has 0 aromatic heterocycles. The lowest BCUT2D eigenvalue weighted by atomic mass is 10.2. The van der Waals surface area contributed by atoms with Crippen LogP contribution >= 0.6 is 15.9 Å². The second-order valence-electron chi connectivity index (χ2n) is 4.06. The van der Waals surface area contributed by atoms with Gasteiger partial charge in [-0.05, 0) is 38.5 Å². The zero-order valence-electron chi connectivity index (χ0n) is 12.2. The molecule has 114 valence electrons. The van der Waals surface area contributed by atoms with Crippen LogP contribution in [0.4, 0.5) is 5.69 Å². The number of ether oxygens (including phenoxy) is 2. The zero-order valence-corrected chi connectivity index (χ0v) is 13.8. The summed E-state index contributed by atoms with van der Waals surface area (Å²) in [6.07, 6.45) is 1.31. The third-order valence-electron chi connectivity index (χ3n) is 2.63. The first-order chi connectivity index (χ1) is 10.0. The molecule has 21 heavy (non-hydrogen) atoms. The number of carbonyl (C=O) groups excluding carboxylic acids is 2. The SMILES string of the molecule is CCOC(=O)C(=CNc1cccc(Br)c1C)C(=O)OCC. The summed E-state index contributed by atoms with van der Waals surface area (Å²) < 4.78 is 10.6. The highest BCUT2D eigenvalue weighted by Crippen LogP contribution is 2.23. The molecule has 0 heterocycles. The monoisotopic (exact) mass is 355 g/mol. The highest BCUT2D eigenvalue weighted by Gasteiger charge is 2.21. The summed E-state index contributed by atoms with van der Waals surface area (Å²) in [5.74, 6) is -1.42. The number of nitrogens with one attached hydrogen (secondary N) is 1. The van der Waals surface area contributed by atoms with Crippen molar-refractivity contribution in [2.45, 2.75) is 20.8 Å². The van der Waals surface area contributed by atoms with Gasteiger partial charge in [-0.15, -0.1) is 0 Å². The Hall–Kier alpha value is -1.82. The Balaban J connectivity index is 2.99. The van der Waals surface area contributed by atoms with Crippen molar-refractivity contribution in [1.82, 2.24) is 0 Å². The minimum atomic E-state index is -0.712. The normalized spacial score (nSPS) is 9.71. The molecule has 6 heteroatoms. The minimum absolute atomic E-state index is 0.168. The largest absolute Gasteiger partial charge is 0.462 e. The second-order valence-corrected chi connectivity index (χ2v) is 4.91. The molecule has 0 aliphatic rings. The fraction of sp³-hybridized carbons (Fsp3) is 0.333. The van der Waals surface area contributed by atoms with Crippen LogP contribution in [0.2, 0.25) is 0 Å². The van der Waals surface area contributed by atoms with Crippen LogP contribution in [0.3, 0.4) is 0 Å². The van der Waals surface area contributed by atoms with Gasteiger partial charge in [0.15, 0.2) is 5.57 Å². The number of carbonyl (C=O) groups is 2. The van der Waals surface area contributed by atoms with Gasteiger partial charge in [-0.1, -0.05) is 22.0 Å². The zero-order chi connectivity index (χ0) is 15.8. The molecule has 0 radical (unpaired) electrons. The van der Waals surface area contributed by atoms with E-state index in [0.717, 1.165) is 15.7 Å². The summed E-state index contributed by atoms with van der Waals surface area (Å²) in [7, 11) is 0. The average molecular weight is 356 g/mol. The van der Waals surface area contributed by atoms with Crippen LogP contribution in [-0.2, 0) is 19.1 Å². The van der Waals surface area contributed by atoms with E-state index in [1.54, 1.807) is 13.8 Å². The maximum Gasteiger partial charge on any atom is 0.347 e. The number of halogens is 1. The van der Waals surface area contributed by atoms with Gasteiger partial charge in [0.1, 0.15) is 0 Å². The van der Waals surface area contributed by atoms with E-state index in [4.69, 9.17) is 9.47 Å². The van der Waals surface area contributed by atoms with Crippen LogP contribution < -0.4 is 5.32 Å². The molecule has 1 rings (SSSR count). The van der Waals surface area contributed by atoms with Crippen molar-refractivity contribution in [2.75, 3.05) is 18.5 Å². The summed E-state index contributed by atoms with van der Waals surface area (Å²) in [5.41, 5.74) is 1.56. The van der Waals surface area contributed by atoms with Crippen molar-refractivity contribution in [1.29, 1.82) is 0 Å². The van der Waals surface area contributed by atoms with Crippen LogP contribution in [0.25, 0.3) is 0 Å². The predicted octanol–water partition coefficient (Wildman–Crippen LogP) is 3.18. The standard InChI is InChI=1S/C15H18BrNO4/c1-4-20-14(18)11(15(19)21-5-2)9-17-13-8-6-7-12(16)10(13)3/h6-9,17H,4-5H2,1-3H3. The quantitative estimate of drug-likeness (QED) is 0.367. The van der Waals surface area contributed by atoms with Gasteiger partial charge in [0, 0.05) is 16.4 Å². The smallest absolute Gasteiger partial charge is 0.347 e. The maximum atomic E-state index is 11.8. The lowest BCUT2D eigenvalue weighted by Crippen LogP contribution is -2.19. The van der Waals surface area contributed by atoms with Crippen LogP contribution in [-0.4, -0.2) is 25.2 Å². The molecule has 1 N–H and O–H groups in total. The average Bonchev–Trinajstić information content (AvgIpc) is 2.44. The summed E-state index contributed by atoms with van der Waals surface area (Å²) >= 11 is 3.42. The van der Waals surface area contributed by atoms with Crippen molar-refractivity contribution in [3.05, 3.63) is 40.0 Å². The van der Waals surface area contributed by atoms with Gasteiger partial charge < -0.3 is 14.8 Å². The van der Waals surface area contributed by atoms with E-state index < -0.39 is 11.9 Å². The molecule has 0 amide bonds. The van der Waals surface area contributed by atoms with E-state index in [1.807, 2.05) is 25.1 Å². The highest BCUT2D eigenvalue weighted by atomic mass is 79.9. The summed E-state index contributed by atoms with van der Waals surface area (Å²) in [5, 5.41) is 2.94. The first kappa shape index (κ1) is 17.2. The Morgan fingerprint density at radius 2 is 1.76 bits per heavy atom. The van der Waals surface area contributed by atoms with Crippen molar-refractivity contribution < 1.29 is 19.1 Å². The van der Waals surface area contributed by atoms with Gasteiger partial charge in [0.05, 0.1) is 13.2 Å². The van der Waals surface area contributed by atoms with Crippen molar-refractivity contribution in [3.8, 4) is 0 Å². The molecule has 0 saturated carbocycles. The first-order valence-electron chi connectivity index (χ1n) is 6.57. The van der Waals surface area contributed by atoms with Crippen LogP contribution in [0.15, 0.2) is 34.4 Å². The molecule has 0 atom stereocenters. The Morgan fingerprint density at radius 3 is 2.29 bits per heavy atom. The van der Waals surface area contributed by atoms with Crippen molar-refractivity contribution in [2.24, 2.45) is 0 Å². The number of hydrogen-bond acceptors (Lipinski definition) is 5. The van der Waals surface area contributed by atoms with E-state index in [9.17, 15) is 9.59 Å². The maximum absolute atomic E-state index is 11.8. The van der Waals surface area contributed by atoms with Gasteiger partial charge in [-0.2, -0.15) is 0 Å². The summed E-state index contributed by atoms with van der Waals surface area (Å²) in [6, 6.07) is 5.59. The Bertz CT molecular complexity index is 535. The number of hydrogen-bond donors (Lipinski definition) is 1. The van der Waals surface area contributed by atoms with Crippen molar-refractivity contribution >= 4 is 33.6 Å². The van der Waals surface area contributed by atoms with E-state index in [1.165, 1.54) is 6.20 Å². The molecule has 0 spiro atoms. The predicted molar refractivity (Wildman–Crippen MR) is 83.9 cm³/mol. The number of benzene rings is 1. The van der Waals surface area contributed by atoms with Gasteiger partial charge in [-0.25, -0.2) is 9.59 Å². The number of esters is 2. The molecular weight excluding hydrogens is 338 g/mol. The van der Waals surface area contributed by atoms with Gasteiger partial charge in [0.25, 0.3) is 0 Å². The number of anilines is 1. The van der Waals surface area contributed by atoms with Gasteiger partial charge in [-0.3, -0.25) is 0 Å². The third kappa shape index (κ3) is 4.90. The molecule has 1 aromatic carbocycles. The Kier molecular flexibility index (Phi) is 6.94. The lowest BCUT2D eigenvalue weighted by Gasteiger charge is -2.10. The molecular formula is C15H18BrNO4. The topological polar surface area (TPSA) is 64.6 Å². The summed E-state index contributed by atoms with van der Waals surface area (Å²) in [6.45, 7) is 5.63. The second kappa shape index (κ2) is 8.46. The van der Waals surface area contributed by atoms with E-state index >= 15 is 0 Å². The van der Waals surface area contributed by atoms with Gasteiger partial charge in [0.2, 0.25) is 0 Å². The molecule has 0 fully saturated rings. The fourth-order valence-corrected chi connectivity index (χ4v) is 1.90. The molecule has 0 bridgehead atoms. The highest BCUT2D eigenvalue weighted by molar-refractivity contribution is 9.10. The van der Waals surface area contributed by atoms with Crippen molar-refractivity contribution in [3.63, 3.8) is 0 Å². The molecule has 5 nitrogen and oxygen atoms in total. The summed E-state index contributed by atoms with van der Waals surface area (Å²) in [4.78, 5) is 23.6. The molecule has 1 aromatic rings. The van der Waals surface area contributed by atoms with Crippen LogP contribution in [0, 0.1) is 6.92 Å². The van der Waals surface area contributed by atoms with Gasteiger partial charge >= 0.3 is 11.9 Å². The van der Waals surface area contributed by atoms with E-state index in [-0.39, 0.29) is 18.8 Å². The number of rotatable bonds is 6. The van der Waals surface area contributed by atoms with Crippen LogP contribution in [0.1, 0.15) is 19.4 Å². The molecule has 0 saturated heterocycles. The first-order valence-corrected chi connectivity index (χ1v) is 7.36.